The molecule has 1 amide bonds. The predicted molar refractivity (Wildman–Crippen MR) is 64.6 cm³/mol. The average Bonchev–Trinajstić information content (AvgIpc) is 2.95. The first-order valence-corrected chi connectivity index (χ1v) is 5.83. The summed E-state index contributed by atoms with van der Waals surface area (Å²) in [6.45, 7) is 0. The molecular formula is C11H12Cl2N2O. The summed E-state index contributed by atoms with van der Waals surface area (Å²) in [5, 5.41) is 4.18. The monoisotopic (exact) mass is 258 g/mol. The van der Waals surface area contributed by atoms with Crippen molar-refractivity contribution in [3.05, 3.63) is 33.8 Å². The Kier molecular flexibility index (Phi) is 3.38. The Labute approximate surface area is 104 Å². The van der Waals surface area contributed by atoms with E-state index in [1.807, 2.05) is 0 Å². The molecule has 0 aliphatic heterocycles. The Morgan fingerprint density at radius 3 is 2.31 bits per heavy atom. The maximum atomic E-state index is 11.4. The molecule has 1 aromatic carbocycles. The molecule has 3 N–H and O–H groups in total. The quantitative estimate of drug-likeness (QED) is 0.871. The third kappa shape index (κ3) is 2.88. The van der Waals surface area contributed by atoms with E-state index in [9.17, 15) is 4.79 Å². The highest BCUT2D eigenvalue weighted by Gasteiger charge is 2.28. The molecule has 1 aliphatic rings. The molecule has 0 spiro atoms. The van der Waals surface area contributed by atoms with Gasteiger partial charge in [-0.15, -0.1) is 0 Å². The Balaban J connectivity index is 2.25. The zero-order chi connectivity index (χ0) is 11.7. The second-order valence-electron chi connectivity index (χ2n) is 3.98. The first kappa shape index (κ1) is 11.7. The third-order valence-corrected chi connectivity index (χ3v) is 2.92. The number of rotatable bonds is 4. The van der Waals surface area contributed by atoms with Crippen LogP contribution in [0.2, 0.25) is 10.0 Å². The van der Waals surface area contributed by atoms with Gasteiger partial charge in [0.15, 0.2) is 0 Å². The zero-order valence-electron chi connectivity index (χ0n) is 8.54. The number of benzene rings is 1. The van der Waals surface area contributed by atoms with Crippen LogP contribution in [0.15, 0.2) is 18.2 Å². The summed E-state index contributed by atoms with van der Waals surface area (Å²) in [5.41, 5.74) is 6.08. The van der Waals surface area contributed by atoms with Crippen LogP contribution in [0.25, 0.3) is 0 Å². The van der Waals surface area contributed by atoms with Gasteiger partial charge >= 0.3 is 0 Å². The van der Waals surface area contributed by atoms with Gasteiger partial charge in [0.2, 0.25) is 5.91 Å². The van der Waals surface area contributed by atoms with Crippen molar-refractivity contribution in [2.24, 2.45) is 5.73 Å². The molecule has 1 atom stereocenters. The van der Waals surface area contributed by atoms with Crippen molar-refractivity contribution < 1.29 is 4.79 Å². The number of hydrogen-bond donors (Lipinski definition) is 2. The van der Waals surface area contributed by atoms with Crippen molar-refractivity contribution in [1.29, 1.82) is 0 Å². The summed E-state index contributed by atoms with van der Waals surface area (Å²) in [4.78, 5) is 11.4. The number of primary amides is 1. The normalized spacial score (nSPS) is 17.1. The van der Waals surface area contributed by atoms with Crippen molar-refractivity contribution in [3.63, 3.8) is 0 Å². The predicted octanol–water partition coefficient (Wildman–Crippen LogP) is 2.27. The van der Waals surface area contributed by atoms with Crippen LogP contribution in [0.3, 0.4) is 0 Å². The van der Waals surface area contributed by atoms with E-state index in [-0.39, 0.29) is 0 Å². The van der Waals surface area contributed by atoms with E-state index in [2.05, 4.69) is 5.32 Å². The highest BCUT2D eigenvalue weighted by atomic mass is 35.5. The number of carbonyl (C=O) groups is 1. The maximum Gasteiger partial charge on any atom is 0.239 e. The van der Waals surface area contributed by atoms with Crippen LogP contribution < -0.4 is 11.1 Å². The van der Waals surface area contributed by atoms with Crippen molar-refractivity contribution in [3.8, 4) is 0 Å². The van der Waals surface area contributed by atoms with Crippen LogP contribution in [0.1, 0.15) is 24.4 Å². The molecule has 2 rings (SSSR count). The van der Waals surface area contributed by atoms with Gasteiger partial charge in [0.05, 0.1) is 0 Å². The number of nitrogens with two attached hydrogens (primary N) is 1. The van der Waals surface area contributed by atoms with E-state index >= 15 is 0 Å². The molecule has 0 aromatic heterocycles. The van der Waals surface area contributed by atoms with Crippen molar-refractivity contribution in [2.75, 3.05) is 0 Å². The summed E-state index contributed by atoms with van der Waals surface area (Å²) < 4.78 is 0. The molecule has 0 saturated heterocycles. The molecule has 1 aromatic rings. The summed E-state index contributed by atoms with van der Waals surface area (Å²) in [6.07, 6.45) is 2.16. The van der Waals surface area contributed by atoms with Crippen molar-refractivity contribution in [1.82, 2.24) is 5.32 Å². The third-order valence-electron chi connectivity index (χ3n) is 2.48. The van der Waals surface area contributed by atoms with Crippen LogP contribution in [0.5, 0.6) is 0 Å². The fourth-order valence-corrected chi connectivity index (χ4v) is 2.11. The fraction of sp³-hybridized carbons (Fsp3) is 0.364. The van der Waals surface area contributed by atoms with Crippen LogP contribution in [-0.4, -0.2) is 11.9 Å². The fourth-order valence-electron chi connectivity index (χ4n) is 1.57. The molecule has 1 saturated carbocycles. The summed E-state index contributed by atoms with van der Waals surface area (Å²) in [6, 6.07) is 4.91. The first-order valence-electron chi connectivity index (χ1n) is 5.07. The standard InChI is InChI=1S/C11H12Cl2N2O/c12-7-3-6(4-8(13)5-7)10(11(14)16)15-9-1-2-9/h3-5,9-10,15H,1-2H2,(H2,14,16). The van der Waals surface area contributed by atoms with E-state index in [0.717, 1.165) is 18.4 Å². The molecule has 0 heterocycles. The molecule has 0 bridgehead atoms. The van der Waals surface area contributed by atoms with Gasteiger partial charge in [-0.3, -0.25) is 10.1 Å². The molecule has 1 unspecified atom stereocenters. The number of hydrogen-bond acceptors (Lipinski definition) is 2. The lowest BCUT2D eigenvalue weighted by molar-refractivity contribution is -0.120. The second kappa shape index (κ2) is 4.62. The lowest BCUT2D eigenvalue weighted by Crippen LogP contribution is -2.34. The molecule has 1 aliphatic carbocycles. The molecule has 86 valence electrons. The minimum absolute atomic E-state index is 0.384. The SMILES string of the molecule is NC(=O)C(NC1CC1)c1cc(Cl)cc(Cl)c1. The maximum absolute atomic E-state index is 11.4. The highest BCUT2D eigenvalue weighted by molar-refractivity contribution is 6.34. The van der Waals surface area contributed by atoms with Gasteiger partial charge in [0, 0.05) is 16.1 Å². The van der Waals surface area contributed by atoms with Gasteiger partial charge in [0.1, 0.15) is 6.04 Å². The van der Waals surface area contributed by atoms with Crippen LogP contribution in [0, 0.1) is 0 Å². The molecule has 16 heavy (non-hydrogen) atoms. The first-order chi connectivity index (χ1) is 7.56. The number of amides is 1. The number of halogens is 2. The number of nitrogens with one attached hydrogen (secondary N) is 1. The minimum atomic E-state index is -0.510. The van der Waals surface area contributed by atoms with E-state index in [0.29, 0.717) is 16.1 Å². The molecule has 3 nitrogen and oxygen atoms in total. The molecule has 1 fully saturated rings. The topological polar surface area (TPSA) is 55.1 Å². The van der Waals surface area contributed by atoms with Gasteiger partial charge in [-0.2, -0.15) is 0 Å². The Morgan fingerprint density at radius 2 is 1.88 bits per heavy atom. The Bertz CT molecular complexity index is 398. The summed E-state index contributed by atoms with van der Waals surface area (Å²) in [7, 11) is 0. The molecule has 5 heteroatoms. The smallest absolute Gasteiger partial charge is 0.239 e. The largest absolute Gasteiger partial charge is 0.368 e. The van der Waals surface area contributed by atoms with Gasteiger partial charge in [0.25, 0.3) is 0 Å². The van der Waals surface area contributed by atoms with Gasteiger partial charge in [-0.1, -0.05) is 23.2 Å². The lowest BCUT2D eigenvalue weighted by atomic mass is 10.1. The molecule has 0 radical (unpaired) electrons. The van der Waals surface area contributed by atoms with Crippen LogP contribution in [0.4, 0.5) is 0 Å². The Morgan fingerprint density at radius 1 is 1.31 bits per heavy atom. The van der Waals surface area contributed by atoms with Crippen LogP contribution >= 0.6 is 23.2 Å². The van der Waals surface area contributed by atoms with Gasteiger partial charge in [-0.05, 0) is 36.6 Å². The summed E-state index contributed by atoms with van der Waals surface area (Å²) in [5.74, 6) is -0.412. The van der Waals surface area contributed by atoms with Crippen molar-refractivity contribution in [2.45, 2.75) is 24.9 Å². The van der Waals surface area contributed by atoms with Crippen LogP contribution in [-0.2, 0) is 4.79 Å². The highest BCUT2D eigenvalue weighted by Crippen LogP contribution is 2.27. The van der Waals surface area contributed by atoms with Gasteiger partial charge < -0.3 is 5.73 Å². The number of carbonyl (C=O) groups excluding carboxylic acids is 1. The van der Waals surface area contributed by atoms with Crippen molar-refractivity contribution >= 4 is 29.1 Å². The second-order valence-corrected chi connectivity index (χ2v) is 4.85. The average molecular weight is 259 g/mol. The zero-order valence-corrected chi connectivity index (χ0v) is 10.1. The van der Waals surface area contributed by atoms with E-state index < -0.39 is 11.9 Å². The van der Waals surface area contributed by atoms with E-state index in [4.69, 9.17) is 28.9 Å². The van der Waals surface area contributed by atoms with Gasteiger partial charge in [-0.25, -0.2) is 0 Å². The molecular weight excluding hydrogens is 247 g/mol. The minimum Gasteiger partial charge on any atom is -0.368 e. The van der Waals surface area contributed by atoms with E-state index in [1.54, 1.807) is 18.2 Å². The lowest BCUT2D eigenvalue weighted by Gasteiger charge is -2.15. The summed E-state index contributed by atoms with van der Waals surface area (Å²) >= 11 is 11.8. The Hall–Kier alpha value is -0.770. The van der Waals surface area contributed by atoms with E-state index in [1.165, 1.54) is 0 Å².